The zero-order chi connectivity index (χ0) is 14.3. The normalized spacial score (nSPS) is 10.9. The van der Waals surface area contributed by atoms with Crippen molar-refractivity contribution in [2.24, 2.45) is 0 Å². The Balaban J connectivity index is 2.28. The molecule has 1 N–H and O–H groups in total. The summed E-state index contributed by atoms with van der Waals surface area (Å²) in [4.78, 5) is 4.51. The molecule has 0 saturated carbocycles. The van der Waals surface area contributed by atoms with E-state index in [0.717, 1.165) is 28.1 Å². The van der Waals surface area contributed by atoms with Gasteiger partial charge in [-0.1, -0.05) is 6.07 Å². The Labute approximate surface area is 117 Å². The molecule has 1 aromatic carbocycles. The Kier molecular flexibility index (Phi) is 2.86. The molecule has 0 atom stereocenters. The van der Waals surface area contributed by atoms with Crippen molar-refractivity contribution < 1.29 is 9.84 Å². The SMILES string of the molecule is COc1c(C)cc(C)cc1-c1cn2cccc(O)c2n1. The molecule has 0 aliphatic heterocycles. The van der Waals surface area contributed by atoms with Gasteiger partial charge in [-0.05, 0) is 43.2 Å². The van der Waals surface area contributed by atoms with E-state index in [4.69, 9.17) is 4.74 Å². The van der Waals surface area contributed by atoms with Gasteiger partial charge in [-0.15, -0.1) is 0 Å². The van der Waals surface area contributed by atoms with Crippen LogP contribution in [-0.2, 0) is 0 Å². The van der Waals surface area contributed by atoms with Crippen LogP contribution in [0.25, 0.3) is 16.9 Å². The van der Waals surface area contributed by atoms with Crippen molar-refractivity contribution in [2.45, 2.75) is 13.8 Å². The van der Waals surface area contributed by atoms with Crippen LogP contribution in [0, 0.1) is 13.8 Å². The van der Waals surface area contributed by atoms with Gasteiger partial charge in [0.05, 0.1) is 12.8 Å². The van der Waals surface area contributed by atoms with E-state index < -0.39 is 0 Å². The smallest absolute Gasteiger partial charge is 0.180 e. The van der Waals surface area contributed by atoms with Crippen molar-refractivity contribution in [3.05, 3.63) is 47.8 Å². The number of benzene rings is 1. The quantitative estimate of drug-likeness (QED) is 0.775. The van der Waals surface area contributed by atoms with Gasteiger partial charge in [0, 0.05) is 18.0 Å². The first-order valence-electron chi connectivity index (χ1n) is 6.42. The molecule has 0 amide bonds. The molecule has 0 bridgehead atoms. The van der Waals surface area contributed by atoms with E-state index in [0.29, 0.717) is 5.65 Å². The number of fused-ring (bicyclic) bond motifs is 1. The number of aromatic hydroxyl groups is 1. The Hall–Kier alpha value is -2.49. The molecule has 3 aromatic rings. The number of aromatic nitrogens is 2. The minimum atomic E-state index is 0.169. The molecular weight excluding hydrogens is 252 g/mol. The first kappa shape index (κ1) is 12.5. The minimum Gasteiger partial charge on any atom is -0.504 e. The van der Waals surface area contributed by atoms with Crippen LogP contribution < -0.4 is 4.74 Å². The van der Waals surface area contributed by atoms with Gasteiger partial charge >= 0.3 is 0 Å². The largest absolute Gasteiger partial charge is 0.504 e. The van der Waals surface area contributed by atoms with E-state index in [1.54, 1.807) is 19.2 Å². The molecule has 0 spiro atoms. The molecule has 4 heteroatoms. The standard InChI is InChI=1S/C16H16N2O2/c1-10-7-11(2)15(20-3)12(8-10)13-9-18-6-4-5-14(19)16(18)17-13/h4-9,19H,1-3H3. The Morgan fingerprint density at radius 1 is 1.25 bits per heavy atom. The fourth-order valence-electron chi connectivity index (χ4n) is 2.54. The molecule has 2 heterocycles. The molecule has 0 radical (unpaired) electrons. The summed E-state index contributed by atoms with van der Waals surface area (Å²) in [6.07, 6.45) is 3.76. The zero-order valence-corrected chi connectivity index (χ0v) is 11.7. The Morgan fingerprint density at radius 3 is 2.75 bits per heavy atom. The highest BCUT2D eigenvalue weighted by Crippen LogP contribution is 2.34. The van der Waals surface area contributed by atoms with Gasteiger partial charge in [0.25, 0.3) is 0 Å². The number of imidazole rings is 1. The molecule has 20 heavy (non-hydrogen) atoms. The average molecular weight is 268 g/mol. The van der Waals surface area contributed by atoms with E-state index in [1.807, 2.05) is 36.7 Å². The fraction of sp³-hybridized carbons (Fsp3) is 0.188. The average Bonchev–Trinajstić information content (AvgIpc) is 2.83. The molecule has 0 unspecified atom stereocenters. The summed E-state index contributed by atoms with van der Waals surface area (Å²) in [6, 6.07) is 7.54. The van der Waals surface area contributed by atoms with Crippen LogP contribution in [0.5, 0.6) is 11.5 Å². The van der Waals surface area contributed by atoms with Crippen LogP contribution in [0.15, 0.2) is 36.7 Å². The maximum absolute atomic E-state index is 9.85. The lowest BCUT2D eigenvalue weighted by atomic mass is 10.0. The number of hydrogen-bond acceptors (Lipinski definition) is 3. The number of rotatable bonds is 2. The molecule has 3 rings (SSSR count). The fourth-order valence-corrected chi connectivity index (χ4v) is 2.54. The van der Waals surface area contributed by atoms with Crippen molar-refractivity contribution in [1.82, 2.24) is 9.38 Å². The van der Waals surface area contributed by atoms with Gasteiger partial charge in [-0.25, -0.2) is 4.98 Å². The highest BCUT2D eigenvalue weighted by Gasteiger charge is 2.14. The molecule has 0 aliphatic rings. The minimum absolute atomic E-state index is 0.169. The number of methoxy groups -OCH3 is 1. The molecule has 0 saturated heterocycles. The van der Waals surface area contributed by atoms with Gasteiger partial charge in [0.2, 0.25) is 0 Å². The van der Waals surface area contributed by atoms with Crippen molar-refractivity contribution in [1.29, 1.82) is 0 Å². The second-order valence-corrected chi connectivity index (χ2v) is 4.91. The van der Waals surface area contributed by atoms with Gasteiger partial charge in [0.1, 0.15) is 5.75 Å². The number of ether oxygens (including phenoxy) is 1. The topological polar surface area (TPSA) is 46.8 Å². The van der Waals surface area contributed by atoms with E-state index in [-0.39, 0.29) is 5.75 Å². The van der Waals surface area contributed by atoms with E-state index in [2.05, 4.69) is 11.1 Å². The molecular formula is C16H16N2O2. The molecule has 4 nitrogen and oxygen atoms in total. The highest BCUT2D eigenvalue weighted by atomic mass is 16.5. The third-order valence-electron chi connectivity index (χ3n) is 3.36. The van der Waals surface area contributed by atoms with E-state index in [1.165, 1.54) is 0 Å². The number of hydrogen-bond donors (Lipinski definition) is 1. The number of pyridine rings is 1. The molecule has 2 aromatic heterocycles. The summed E-state index contributed by atoms with van der Waals surface area (Å²) >= 11 is 0. The van der Waals surface area contributed by atoms with Crippen molar-refractivity contribution >= 4 is 5.65 Å². The zero-order valence-electron chi connectivity index (χ0n) is 11.7. The van der Waals surface area contributed by atoms with Crippen LogP contribution in [0.1, 0.15) is 11.1 Å². The Bertz CT molecular complexity index is 791. The van der Waals surface area contributed by atoms with Crippen molar-refractivity contribution in [3.8, 4) is 22.8 Å². The second-order valence-electron chi connectivity index (χ2n) is 4.91. The lowest BCUT2D eigenvalue weighted by molar-refractivity contribution is 0.413. The lowest BCUT2D eigenvalue weighted by Crippen LogP contribution is -1.92. The van der Waals surface area contributed by atoms with Gasteiger partial charge < -0.3 is 14.2 Å². The number of nitrogens with zero attached hydrogens (tertiary/aromatic N) is 2. The van der Waals surface area contributed by atoms with Crippen molar-refractivity contribution in [3.63, 3.8) is 0 Å². The Morgan fingerprint density at radius 2 is 2.05 bits per heavy atom. The highest BCUT2D eigenvalue weighted by molar-refractivity contribution is 5.73. The summed E-state index contributed by atoms with van der Waals surface area (Å²) in [6.45, 7) is 4.06. The summed E-state index contributed by atoms with van der Waals surface area (Å²) in [5.74, 6) is 0.987. The monoisotopic (exact) mass is 268 g/mol. The third-order valence-corrected chi connectivity index (χ3v) is 3.36. The van der Waals surface area contributed by atoms with E-state index >= 15 is 0 Å². The summed E-state index contributed by atoms with van der Waals surface area (Å²) in [5, 5.41) is 9.85. The maximum atomic E-state index is 9.85. The first-order chi connectivity index (χ1) is 9.60. The molecule has 0 fully saturated rings. The number of aryl methyl sites for hydroxylation is 2. The van der Waals surface area contributed by atoms with Crippen LogP contribution in [0.4, 0.5) is 0 Å². The molecule has 0 aliphatic carbocycles. The molecule has 102 valence electrons. The second kappa shape index (κ2) is 4.56. The summed E-state index contributed by atoms with van der Waals surface area (Å²) in [7, 11) is 1.66. The van der Waals surface area contributed by atoms with Gasteiger partial charge in [-0.2, -0.15) is 0 Å². The van der Waals surface area contributed by atoms with Gasteiger partial charge in [0.15, 0.2) is 11.4 Å². The van der Waals surface area contributed by atoms with Crippen LogP contribution >= 0.6 is 0 Å². The lowest BCUT2D eigenvalue weighted by Gasteiger charge is -2.10. The van der Waals surface area contributed by atoms with Crippen LogP contribution in [0.3, 0.4) is 0 Å². The summed E-state index contributed by atoms with van der Waals surface area (Å²) < 4.78 is 7.31. The van der Waals surface area contributed by atoms with Crippen molar-refractivity contribution in [2.75, 3.05) is 7.11 Å². The third kappa shape index (κ3) is 1.90. The predicted molar refractivity (Wildman–Crippen MR) is 78.3 cm³/mol. The predicted octanol–water partition coefficient (Wildman–Crippen LogP) is 3.33. The summed E-state index contributed by atoms with van der Waals surface area (Å²) in [5.41, 5.74) is 4.50. The van der Waals surface area contributed by atoms with E-state index in [9.17, 15) is 5.11 Å². The van der Waals surface area contributed by atoms with Crippen LogP contribution in [0.2, 0.25) is 0 Å². The van der Waals surface area contributed by atoms with Crippen LogP contribution in [-0.4, -0.2) is 21.6 Å². The maximum Gasteiger partial charge on any atom is 0.180 e. The first-order valence-corrected chi connectivity index (χ1v) is 6.42. The van der Waals surface area contributed by atoms with Gasteiger partial charge in [-0.3, -0.25) is 0 Å².